The smallest absolute Gasteiger partial charge is 0.0201 e. The molecule has 0 amide bonds. The Hall–Kier alpha value is 0.690. The van der Waals surface area contributed by atoms with Gasteiger partial charge < -0.3 is 0 Å². The quantitative estimate of drug-likeness (QED) is 0.486. The van der Waals surface area contributed by atoms with Gasteiger partial charge in [0.05, 0.1) is 0 Å². The predicted molar refractivity (Wildman–Crippen MR) is 60.3 cm³/mol. The Morgan fingerprint density at radius 2 is 2.00 bits per heavy atom. The van der Waals surface area contributed by atoms with E-state index in [-0.39, 0.29) is 0 Å². The van der Waals surface area contributed by atoms with E-state index < -0.39 is 0 Å². The Kier molecular flexibility index (Phi) is 2.66. The highest BCUT2D eigenvalue weighted by molar-refractivity contribution is 14.1. The molecule has 2 fully saturated rings. The number of hydrogen-bond acceptors (Lipinski definition) is 1. The Morgan fingerprint density at radius 3 is 2.67 bits per heavy atom. The predicted octanol–water partition coefficient (Wildman–Crippen LogP) is 3.24. The highest BCUT2D eigenvalue weighted by Crippen LogP contribution is 2.47. The molecule has 0 aromatic carbocycles. The summed E-state index contributed by atoms with van der Waals surface area (Å²) in [6.07, 6.45) is 7.41. The van der Waals surface area contributed by atoms with Crippen LogP contribution >= 0.6 is 22.9 Å². The summed E-state index contributed by atoms with van der Waals surface area (Å²) < 4.78 is 2.44. The molecule has 0 bridgehead atoms. The van der Waals surface area contributed by atoms with Crippen molar-refractivity contribution in [3.63, 3.8) is 0 Å². The third kappa shape index (κ3) is 1.52. The van der Waals surface area contributed by atoms with E-state index in [1.54, 1.807) is 0 Å². The summed E-state index contributed by atoms with van der Waals surface area (Å²) in [6.45, 7) is 5.18. The lowest BCUT2D eigenvalue weighted by molar-refractivity contribution is 0.0266. The first-order valence-corrected chi connectivity index (χ1v) is 6.10. The van der Waals surface area contributed by atoms with Crippen molar-refractivity contribution in [1.82, 2.24) is 3.11 Å². The van der Waals surface area contributed by atoms with Crippen LogP contribution in [-0.2, 0) is 0 Å². The molecule has 0 N–H and O–H groups in total. The lowest BCUT2D eigenvalue weighted by atomic mass is 9.68. The molecule has 1 aliphatic heterocycles. The first-order valence-electron chi connectivity index (χ1n) is 5.14. The van der Waals surface area contributed by atoms with Crippen LogP contribution in [0.15, 0.2) is 0 Å². The average Bonchev–Trinajstić information content (AvgIpc) is 2.14. The van der Waals surface area contributed by atoms with Crippen molar-refractivity contribution in [2.75, 3.05) is 13.1 Å². The maximum atomic E-state index is 2.47. The maximum absolute atomic E-state index is 2.47. The van der Waals surface area contributed by atoms with E-state index in [1.807, 2.05) is 0 Å². The number of hydrogen-bond donors (Lipinski definition) is 0. The van der Waals surface area contributed by atoms with Crippen LogP contribution in [0.1, 0.15) is 39.0 Å². The van der Waals surface area contributed by atoms with Crippen molar-refractivity contribution >= 4 is 22.9 Å². The first-order chi connectivity index (χ1) is 5.73. The number of halogens is 1. The molecule has 2 aliphatic rings. The molecule has 12 heavy (non-hydrogen) atoms. The van der Waals surface area contributed by atoms with Crippen LogP contribution in [0.5, 0.6) is 0 Å². The van der Waals surface area contributed by atoms with Gasteiger partial charge in [0.2, 0.25) is 0 Å². The molecule has 0 aromatic rings. The molecule has 2 rings (SSSR count). The fourth-order valence-electron chi connectivity index (χ4n) is 2.76. The molecular formula is C10H18IN. The zero-order valence-electron chi connectivity index (χ0n) is 7.85. The van der Waals surface area contributed by atoms with E-state index in [0.717, 1.165) is 11.3 Å². The Morgan fingerprint density at radius 1 is 1.25 bits per heavy atom. The minimum absolute atomic E-state index is 0.734. The van der Waals surface area contributed by atoms with Gasteiger partial charge in [-0.2, -0.15) is 0 Å². The summed E-state index contributed by atoms with van der Waals surface area (Å²) in [5, 5.41) is 0. The molecule has 2 heteroatoms. The minimum atomic E-state index is 0.734. The lowest BCUT2D eigenvalue weighted by Crippen LogP contribution is -2.54. The second-order valence-electron chi connectivity index (χ2n) is 4.64. The standard InChI is InChI=1S/C10H18IN/c1-9-5-3-2-4-6-10(9)7-12(11)8-10/h9H,2-8H2,1H3. The van der Waals surface area contributed by atoms with Crippen LogP contribution in [0.4, 0.5) is 0 Å². The SMILES string of the molecule is CC1CCCCCC12CN(I)C2. The fraction of sp³-hybridized carbons (Fsp3) is 1.00. The van der Waals surface area contributed by atoms with Gasteiger partial charge >= 0.3 is 0 Å². The highest BCUT2D eigenvalue weighted by Gasteiger charge is 2.45. The summed E-state index contributed by atoms with van der Waals surface area (Å²) in [4.78, 5) is 0. The van der Waals surface area contributed by atoms with Gasteiger partial charge in [0.25, 0.3) is 0 Å². The number of rotatable bonds is 0. The normalized spacial score (nSPS) is 36.0. The highest BCUT2D eigenvalue weighted by atomic mass is 127. The maximum Gasteiger partial charge on any atom is 0.0201 e. The Bertz CT molecular complexity index is 163. The van der Waals surface area contributed by atoms with E-state index >= 15 is 0 Å². The molecular weight excluding hydrogens is 261 g/mol. The van der Waals surface area contributed by atoms with Crippen LogP contribution in [0.3, 0.4) is 0 Å². The van der Waals surface area contributed by atoms with Crippen LogP contribution in [-0.4, -0.2) is 16.2 Å². The summed E-state index contributed by atoms with van der Waals surface area (Å²) in [6, 6.07) is 0. The van der Waals surface area contributed by atoms with Crippen molar-refractivity contribution < 1.29 is 0 Å². The van der Waals surface area contributed by atoms with Gasteiger partial charge in [-0.15, -0.1) is 0 Å². The largest absolute Gasteiger partial charge is 0.246 e. The molecule has 1 saturated heterocycles. The van der Waals surface area contributed by atoms with Crippen LogP contribution in [0.25, 0.3) is 0 Å². The van der Waals surface area contributed by atoms with Crippen molar-refractivity contribution in [3.05, 3.63) is 0 Å². The molecule has 1 unspecified atom stereocenters. The van der Waals surface area contributed by atoms with Crippen molar-refractivity contribution in [3.8, 4) is 0 Å². The molecule has 1 nitrogen and oxygen atoms in total. The molecule has 1 heterocycles. The molecule has 1 spiro atoms. The third-order valence-corrected chi connectivity index (χ3v) is 4.51. The zero-order valence-corrected chi connectivity index (χ0v) is 10.0. The molecule has 70 valence electrons. The second kappa shape index (κ2) is 3.45. The van der Waals surface area contributed by atoms with Gasteiger partial charge in [0.15, 0.2) is 0 Å². The van der Waals surface area contributed by atoms with E-state index in [1.165, 1.54) is 45.2 Å². The zero-order chi connectivity index (χ0) is 8.60. The van der Waals surface area contributed by atoms with Crippen LogP contribution in [0.2, 0.25) is 0 Å². The first kappa shape index (κ1) is 9.25. The summed E-state index contributed by atoms with van der Waals surface area (Å²) >= 11 is 2.46. The number of nitrogens with zero attached hydrogens (tertiary/aromatic N) is 1. The van der Waals surface area contributed by atoms with E-state index in [4.69, 9.17) is 0 Å². The monoisotopic (exact) mass is 279 g/mol. The van der Waals surface area contributed by atoms with E-state index in [9.17, 15) is 0 Å². The topological polar surface area (TPSA) is 3.24 Å². The van der Waals surface area contributed by atoms with Gasteiger partial charge in [0.1, 0.15) is 0 Å². The molecule has 1 aliphatic carbocycles. The van der Waals surface area contributed by atoms with Crippen LogP contribution < -0.4 is 0 Å². The molecule has 0 aromatic heterocycles. The molecule has 1 atom stereocenters. The van der Waals surface area contributed by atoms with Gasteiger partial charge in [-0.3, -0.25) is 0 Å². The summed E-state index contributed by atoms with van der Waals surface area (Å²) in [5.41, 5.74) is 0.734. The van der Waals surface area contributed by atoms with E-state index in [0.29, 0.717) is 0 Å². The van der Waals surface area contributed by atoms with Gasteiger partial charge in [0, 0.05) is 36.0 Å². The third-order valence-electron chi connectivity index (χ3n) is 3.83. The van der Waals surface area contributed by atoms with Crippen molar-refractivity contribution in [1.29, 1.82) is 0 Å². The Labute approximate surface area is 89.4 Å². The minimum Gasteiger partial charge on any atom is -0.246 e. The van der Waals surface area contributed by atoms with Crippen LogP contribution in [0, 0.1) is 11.3 Å². The average molecular weight is 279 g/mol. The second-order valence-corrected chi connectivity index (χ2v) is 6.01. The van der Waals surface area contributed by atoms with Gasteiger partial charge in [-0.05, 0) is 17.8 Å². The van der Waals surface area contributed by atoms with Crippen molar-refractivity contribution in [2.45, 2.75) is 39.0 Å². The van der Waals surface area contributed by atoms with Gasteiger partial charge in [-0.25, -0.2) is 3.11 Å². The van der Waals surface area contributed by atoms with Crippen molar-refractivity contribution in [2.24, 2.45) is 11.3 Å². The van der Waals surface area contributed by atoms with Gasteiger partial charge in [-0.1, -0.05) is 32.6 Å². The Balaban J connectivity index is 2.01. The molecule has 1 saturated carbocycles. The summed E-state index contributed by atoms with van der Waals surface area (Å²) in [7, 11) is 0. The lowest BCUT2D eigenvalue weighted by Gasteiger charge is -2.50. The summed E-state index contributed by atoms with van der Waals surface area (Å²) in [5.74, 6) is 0.978. The van der Waals surface area contributed by atoms with E-state index in [2.05, 4.69) is 32.9 Å². The fourth-order valence-corrected chi connectivity index (χ4v) is 4.12. The molecule has 0 radical (unpaired) electrons.